The van der Waals surface area contributed by atoms with Crippen molar-refractivity contribution in [3.8, 4) is 12.3 Å². The summed E-state index contributed by atoms with van der Waals surface area (Å²) in [6, 6.07) is 11.1. The van der Waals surface area contributed by atoms with Crippen molar-refractivity contribution in [2.45, 2.75) is 6.54 Å². The average molecular weight is 452 g/mol. The molecule has 0 saturated heterocycles. The van der Waals surface area contributed by atoms with E-state index in [0.29, 0.717) is 30.3 Å². The summed E-state index contributed by atoms with van der Waals surface area (Å²) < 4.78 is 3.49. The molecule has 2 aromatic heterocycles. The number of terminal acetylenes is 1. The lowest BCUT2D eigenvalue weighted by Crippen LogP contribution is -2.16. The van der Waals surface area contributed by atoms with Gasteiger partial charge in [-0.3, -0.25) is 4.79 Å². The van der Waals surface area contributed by atoms with Gasteiger partial charge in [0.25, 0.3) is 5.91 Å². The van der Waals surface area contributed by atoms with Gasteiger partial charge in [-0.05, 0) is 18.2 Å². The normalized spacial score (nSPS) is 12.0. The summed E-state index contributed by atoms with van der Waals surface area (Å²) in [7, 11) is 0. The van der Waals surface area contributed by atoms with Crippen LogP contribution in [0.5, 0.6) is 0 Å². The fourth-order valence-electron chi connectivity index (χ4n) is 2.72. The number of thiophene rings is 1. The summed E-state index contributed by atoms with van der Waals surface area (Å²) in [5.74, 6) is 2.15. The van der Waals surface area contributed by atoms with Crippen LogP contribution < -0.4 is 4.80 Å². The summed E-state index contributed by atoms with van der Waals surface area (Å²) in [6.45, 7) is 0.215. The van der Waals surface area contributed by atoms with Gasteiger partial charge in [0.15, 0.2) is 4.80 Å². The first-order valence-corrected chi connectivity index (χ1v) is 10.4. The van der Waals surface area contributed by atoms with Crippen molar-refractivity contribution in [2.75, 3.05) is 0 Å². The second kappa shape index (κ2) is 7.31. The van der Waals surface area contributed by atoms with Crippen molar-refractivity contribution in [1.82, 2.24) is 4.57 Å². The average Bonchev–Trinajstić information content (AvgIpc) is 3.18. The van der Waals surface area contributed by atoms with Crippen molar-refractivity contribution in [3.05, 3.63) is 61.1 Å². The zero-order valence-electron chi connectivity index (χ0n) is 13.5. The van der Waals surface area contributed by atoms with Crippen LogP contribution in [0.2, 0.25) is 15.1 Å². The lowest BCUT2D eigenvalue weighted by molar-refractivity contribution is 0.100. The van der Waals surface area contributed by atoms with Crippen LogP contribution in [-0.4, -0.2) is 10.5 Å². The van der Waals surface area contributed by atoms with Gasteiger partial charge >= 0.3 is 0 Å². The van der Waals surface area contributed by atoms with Crippen LogP contribution in [0, 0.1) is 12.3 Å². The third kappa shape index (κ3) is 3.18. The van der Waals surface area contributed by atoms with E-state index in [1.807, 2.05) is 30.3 Å². The molecule has 2 heterocycles. The van der Waals surface area contributed by atoms with Gasteiger partial charge in [-0.15, -0.1) is 17.8 Å². The fourth-order valence-corrected chi connectivity index (χ4v) is 5.62. The summed E-state index contributed by atoms with van der Waals surface area (Å²) in [5.41, 5.74) is 0.668. The van der Waals surface area contributed by atoms with Crippen molar-refractivity contribution in [3.63, 3.8) is 0 Å². The first kappa shape index (κ1) is 18.5. The van der Waals surface area contributed by atoms with Gasteiger partial charge in [0, 0.05) is 10.1 Å². The van der Waals surface area contributed by atoms with E-state index >= 15 is 0 Å². The van der Waals surface area contributed by atoms with E-state index in [2.05, 4.69) is 10.9 Å². The number of rotatable bonds is 2. The van der Waals surface area contributed by atoms with E-state index < -0.39 is 5.91 Å². The van der Waals surface area contributed by atoms with Crippen LogP contribution in [-0.2, 0) is 6.54 Å². The molecule has 134 valence electrons. The Labute approximate surface area is 177 Å². The number of carbonyl (C=O) groups excluding carboxylic acids is 1. The smallest absolute Gasteiger partial charge is 0.291 e. The number of hydrogen-bond acceptors (Lipinski definition) is 3. The van der Waals surface area contributed by atoms with Gasteiger partial charge in [0.05, 0.1) is 31.8 Å². The second-order valence-electron chi connectivity index (χ2n) is 5.54. The molecule has 4 rings (SSSR count). The molecule has 27 heavy (non-hydrogen) atoms. The minimum absolute atomic E-state index is 0.215. The van der Waals surface area contributed by atoms with Gasteiger partial charge in [0.1, 0.15) is 4.88 Å². The van der Waals surface area contributed by atoms with Gasteiger partial charge in [-0.25, -0.2) is 0 Å². The standard InChI is InChI=1S/C19H9Cl3N2OS2/c1-2-9-24-16-13(8-7-11(20)15(16)22)27-19(24)23-18(25)17-14(21)10-5-3-4-6-12(10)26-17/h1,3-8H,9H2. The fraction of sp³-hybridized carbons (Fsp3) is 0.0526. The Balaban J connectivity index is 1.93. The molecule has 0 fully saturated rings. The van der Waals surface area contributed by atoms with E-state index in [-0.39, 0.29) is 6.54 Å². The molecule has 8 heteroatoms. The maximum Gasteiger partial charge on any atom is 0.291 e. The topological polar surface area (TPSA) is 34.4 Å². The van der Waals surface area contributed by atoms with Crippen LogP contribution in [0.25, 0.3) is 20.3 Å². The van der Waals surface area contributed by atoms with Crippen molar-refractivity contribution in [1.29, 1.82) is 0 Å². The Morgan fingerprint density at radius 2 is 1.85 bits per heavy atom. The van der Waals surface area contributed by atoms with Crippen LogP contribution in [0.4, 0.5) is 0 Å². The van der Waals surface area contributed by atoms with Gasteiger partial charge in [-0.2, -0.15) is 4.99 Å². The second-order valence-corrected chi connectivity index (χ2v) is 8.77. The number of hydrogen-bond donors (Lipinski definition) is 0. The molecule has 1 amide bonds. The minimum atomic E-state index is -0.416. The largest absolute Gasteiger partial charge is 0.303 e. The molecule has 0 spiro atoms. The molecule has 0 radical (unpaired) electrons. The number of amides is 1. The molecule has 0 unspecified atom stereocenters. The molecule has 3 nitrogen and oxygen atoms in total. The van der Waals surface area contributed by atoms with Crippen molar-refractivity contribution >= 4 is 83.7 Å². The Morgan fingerprint density at radius 1 is 1.07 bits per heavy atom. The Bertz CT molecular complexity index is 1320. The van der Waals surface area contributed by atoms with E-state index in [4.69, 9.17) is 41.2 Å². The number of thiazole rings is 1. The molecule has 2 aromatic carbocycles. The number of aromatic nitrogens is 1. The summed E-state index contributed by atoms with van der Waals surface area (Å²) in [5, 5.41) is 2.05. The molecule has 0 aliphatic carbocycles. The lowest BCUT2D eigenvalue weighted by Gasteiger charge is -2.03. The SMILES string of the molecule is C#CCn1c(=NC(=O)c2sc3ccccc3c2Cl)sc2ccc(Cl)c(Cl)c21. The molecule has 0 aliphatic rings. The highest BCUT2D eigenvalue weighted by Crippen LogP contribution is 2.36. The highest BCUT2D eigenvalue weighted by Gasteiger charge is 2.18. The molecule has 0 bridgehead atoms. The quantitative estimate of drug-likeness (QED) is 0.332. The molecular formula is C19H9Cl3N2OS2. The summed E-state index contributed by atoms with van der Waals surface area (Å²) in [6.07, 6.45) is 5.50. The number of benzene rings is 2. The lowest BCUT2D eigenvalue weighted by atomic mass is 10.2. The molecule has 0 aliphatic heterocycles. The highest BCUT2D eigenvalue weighted by atomic mass is 35.5. The van der Waals surface area contributed by atoms with E-state index in [1.165, 1.54) is 22.7 Å². The first-order valence-electron chi connectivity index (χ1n) is 7.68. The van der Waals surface area contributed by atoms with Gasteiger partial charge in [0.2, 0.25) is 0 Å². The van der Waals surface area contributed by atoms with Crippen molar-refractivity contribution < 1.29 is 4.79 Å². The number of carbonyl (C=O) groups is 1. The van der Waals surface area contributed by atoms with Crippen molar-refractivity contribution in [2.24, 2.45) is 4.99 Å². The zero-order chi connectivity index (χ0) is 19.1. The molecular weight excluding hydrogens is 443 g/mol. The number of nitrogens with zero attached hydrogens (tertiary/aromatic N) is 2. The van der Waals surface area contributed by atoms with Crippen LogP contribution in [0.1, 0.15) is 9.67 Å². The maximum atomic E-state index is 12.8. The molecule has 0 N–H and O–H groups in total. The summed E-state index contributed by atoms with van der Waals surface area (Å²) in [4.78, 5) is 18.0. The van der Waals surface area contributed by atoms with Crippen LogP contribution >= 0.6 is 57.5 Å². The molecule has 0 atom stereocenters. The van der Waals surface area contributed by atoms with E-state index in [9.17, 15) is 4.79 Å². The van der Waals surface area contributed by atoms with E-state index in [0.717, 1.165) is 14.8 Å². The minimum Gasteiger partial charge on any atom is -0.303 e. The molecule has 0 saturated carbocycles. The predicted molar refractivity (Wildman–Crippen MR) is 115 cm³/mol. The number of halogens is 3. The molecule has 4 aromatic rings. The van der Waals surface area contributed by atoms with Gasteiger partial charge in [-0.1, -0.05) is 70.3 Å². The Morgan fingerprint density at radius 3 is 2.59 bits per heavy atom. The summed E-state index contributed by atoms with van der Waals surface area (Å²) >= 11 is 21.5. The van der Waals surface area contributed by atoms with Crippen LogP contribution in [0.3, 0.4) is 0 Å². The monoisotopic (exact) mass is 450 g/mol. The van der Waals surface area contributed by atoms with E-state index in [1.54, 1.807) is 10.6 Å². The van der Waals surface area contributed by atoms with Gasteiger partial charge < -0.3 is 4.57 Å². The maximum absolute atomic E-state index is 12.8. The Kier molecular flexibility index (Phi) is 5.02. The third-order valence-electron chi connectivity index (χ3n) is 3.91. The number of fused-ring (bicyclic) bond motifs is 2. The Hall–Kier alpha value is -1.81. The third-order valence-corrected chi connectivity index (χ3v) is 7.41. The first-order chi connectivity index (χ1) is 13.0. The predicted octanol–water partition coefficient (Wildman–Crippen LogP) is 6.25. The highest BCUT2D eigenvalue weighted by molar-refractivity contribution is 7.21. The van der Waals surface area contributed by atoms with Crippen LogP contribution in [0.15, 0.2) is 41.4 Å². The zero-order valence-corrected chi connectivity index (χ0v) is 17.4.